The summed E-state index contributed by atoms with van der Waals surface area (Å²) in [6.45, 7) is 0.852. The minimum atomic E-state index is -8.49. The molecule has 0 rings (SSSR count). The van der Waals surface area contributed by atoms with Gasteiger partial charge in [0.15, 0.2) is 0 Å². The molecule has 0 bridgehead atoms. The molecule has 0 unspecified atom stereocenters. The third-order valence-electron chi connectivity index (χ3n) is 3.58. The van der Waals surface area contributed by atoms with Crippen LogP contribution in [-0.4, -0.2) is 66.1 Å². The number of hydrogen-bond acceptors (Lipinski definition) is 2. The second-order valence-electron chi connectivity index (χ2n) is 6.35. The van der Waals surface area contributed by atoms with Gasteiger partial charge >= 0.3 is 66.1 Å². The van der Waals surface area contributed by atoms with Crippen LogP contribution < -0.4 is 0 Å². The maximum atomic E-state index is 13.2. The first kappa shape index (κ1) is 35.3. The third kappa shape index (κ3) is 5.29. The fraction of sp³-hybridized carbons (Fsp3) is 0.917. The summed E-state index contributed by atoms with van der Waals surface area (Å²) in [5.74, 6) is -47.8. The van der Waals surface area contributed by atoms with E-state index in [1.165, 1.54) is 0 Å². The summed E-state index contributed by atoms with van der Waals surface area (Å²) in [6, 6.07) is 0. The van der Waals surface area contributed by atoms with Crippen LogP contribution in [0.2, 0.25) is 0 Å². The van der Waals surface area contributed by atoms with E-state index >= 15 is 0 Å². The Morgan fingerprint density at radius 2 is 0.541 bits per heavy atom. The number of hydrogen-bond donors (Lipinski definition) is 0. The minimum absolute atomic E-state index is 0.852. The van der Waals surface area contributed by atoms with Gasteiger partial charge in [0.1, 0.15) is 0 Å². The Balaban J connectivity index is 6.46. The van der Waals surface area contributed by atoms with Crippen LogP contribution in [0.4, 0.5) is 101 Å². The van der Waals surface area contributed by atoms with E-state index < -0.39 is 66.1 Å². The van der Waals surface area contributed by atoms with E-state index in [2.05, 4.69) is 0 Å². The zero-order valence-corrected chi connectivity index (χ0v) is 15.7. The number of rotatable bonds is 11. The Hall–Kier alpha value is -1.69. The summed E-state index contributed by atoms with van der Waals surface area (Å²) in [5, 5.41) is 0. The van der Waals surface area contributed by atoms with E-state index in [4.69, 9.17) is 0 Å². The SMILES string of the molecule is [CH2]C(F)(F)C(F)(F)C(F)(F)C(F)(F)C(F)(F)OC(F)(F)C(F)(F)OC(F)(F)C(F)(F)C(F)(F)C(F)(F)F. The molecule has 0 amide bonds. The fourth-order valence-corrected chi connectivity index (χ4v) is 1.54. The van der Waals surface area contributed by atoms with Crippen molar-refractivity contribution in [1.29, 1.82) is 0 Å². The van der Waals surface area contributed by atoms with E-state index in [0.717, 1.165) is 16.4 Å². The fourth-order valence-electron chi connectivity index (χ4n) is 1.54. The molecule has 0 saturated carbocycles. The molecule has 1 radical (unpaired) electrons. The smallest absolute Gasteiger partial charge is 0.243 e. The van der Waals surface area contributed by atoms with E-state index in [1.807, 2.05) is 0 Å². The highest BCUT2D eigenvalue weighted by molar-refractivity contribution is 5.07. The average molecular weight is 615 g/mol. The van der Waals surface area contributed by atoms with Gasteiger partial charge in [-0.1, -0.05) is 0 Å². The number of ether oxygens (including phenoxy) is 2. The highest BCUT2D eigenvalue weighted by Crippen LogP contribution is 2.60. The molecule has 2 nitrogen and oxygen atoms in total. The lowest BCUT2D eigenvalue weighted by atomic mass is 9.99. The summed E-state index contributed by atoms with van der Waals surface area (Å²) in [6.07, 6.45) is -40.8. The van der Waals surface area contributed by atoms with Crippen molar-refractivity contribution in [2.45, 2.75) is 66.1 Å². The highest BCUT2D eigenvalue weighted by atomic mass is 19.4. The van der Waals surface area contributed by atoms with Crippen LogP contribution in [0.1, 0.15) is 0 Å². The van der Waals surface area contributed by atoms with Gasteiger partial charge in [-0.15, -0.1) is 0 Å². The lowest BCUT2D eigenvalue weighted by molar-refractivity contribution is -0.558. The van der Waals surface area contributed by atoms with Gasteiger partial charge in [-0.25, -0.2) is 9.47 Å². The van der Waals surface area contributed by atoms with Gasteiger partial charge in [-0.2, -0.15) is 101 Å². The van der Waals surface area contributed by atoms with E-state index in [1.54, 1.807) is 0 Å². The van der Waals surface area contributed by atoms with Gasteiger partial charge in [0.05, 0.1) is 0 Å². The number of halogens is 23. The molecule has 0 fully saturated rings. The van der Waals surface area contributed by atoms with Crippen LogP contribution in [0.15, 0.2) is 0 Å². The second kappa shape index (κ2) is 8.66. The van der Waals surface area contributed by atoms with E-state index in [-0.39, 0.29) is 0 Å². The van der Waals surface area contributed by atoms with Crippen molar-refractivity contribution in [3.8, 4) is 0 Å². The normalized spacial score (nSPS) is 16.9. The predicted octanol–water partition coefficient (Wildman–Crippen LogP) is 7.60. The molecular weight excluding hydrogens is 613 g/mol. The van der Waals surface area contributed by atoms with Gasteiger partial charge < -0.3 is 0 Å². The van der Waals surface area contributed by atoms with Gasteiger partial charge in [0, 0.05) is 6.92 Å². The van der Waals surface area contributed by atoms with Crippen molar-refractivity contribution in [1.82, 2.24) is 0 Å². The van der Waals surface area contributed by atoms with Crippen molar-refractivity contribution >= 4 is 0 Å². The zero-order valence-electron chi connectivity index (χ0n) is 15.7. The molecule has 25 heteroatoms. The molecule has 0 aromatic rings. The van der Waals surface area contributed by atoms with E-state index in [0.29, 0.717) is 0 Å². The van der Waals surface area contributed by atoms with Gasteiger partial charge in [0.2, 0.25) is 0 Å². The molecule has 0 heterocycles. The quantitative estimate of drug-likeness (QED) is 0.223. The Morgan fingerprint density at radius 1 is 0.297 bits per heavy atom. The number of alkyl halides is 23. The second-order valence-corrected chi connectivity index (χ2v) is 6.35. The first-order chi connectivity index (χ1) is 15.4. The summed E-state index contributed by atoms with van der Waals surface area (Å²) in [4.78, 5) is 0. The lowest BCUT2D eigenvalue weighted by Gasteiger charge is -2.40. The summed E-state index contributed by atoms with van der Waals surface area (Å²) >= 11 is 0. The molecular formula is C12H2F23O2. The van der Waals surface area contributed by atoms with Crippen LogP contribution >= 0.6 is 0 Å². The Bertz CT molecular complexity index is 817. The molecule has 0 aliphatic rings. The molecule has 0 aromatic carbocycles. The maximum absolute atomic E-state index is 13.2. The van der Waals surface area contributed by atoms with Crippen molar-refractivity contribution in [2.24, 2.45) is 0 Å². The minimum Gasteiger partial charge on any atom is -0.243 e. The summed E-state index contributed by atoms with van der Waals surface area (Å²) in [5.41, 5.74) is 0. The van der Waals surface area contributed by atoms with Crippen molar-refractivity contribution in [3.63, 3.8) is 0 Å². The molecule has 0 aliphatic heterocycles. The zero-order chi connectivity index (χ0) is 30.9. The standard InChI is InChI=1S/C12H2F23O2/c1-2(13,14)3(15,16)4(17,18)6(21,22)9(28,29)36-11(32,33)12(34,35)37-10(30,31)7(23,24)5(19,20)8(25,26)27/h1H2. The Labute approximate surface area is 185 Å². The summed E-state index contributed by atoms with van der Waals surface area (Å²) < 4.78 is 295. The van der Waals surface area contributed by atoms with E-state index in [9.17, 15) is 101 Å². The van der Waals surface area contributed by atoms with Crippen LogP contribution in [0.5, 0.6) is 0 Å². The van der Waals surface area contributed by atoms with Crippen LogP contribution in [0, 0.1) is 6.92 Å². The molecule has 0 aliphatic carbocycles. The van der Waals surface area contributed by atoms with Crippen molar-refractivity contribution in [2.75, 3.05) is 0 Å². The van der Waals surface area contributed by atoms with Crippen LogP contribution in [-0.2, 0) is 9.47 Å². The first-order valence-electron chi connectivity index (χ1n) is 7.52. The molecule has 37 heavy (non-hydrogen) atoms. The molecule has 223 valence electrons. The van der Waals surface area contributed by atoms with Gasteiger partial charge in [-0.05, 0) is 0 Å². The van der Waals surface area contributed by atoms with Crippen LogP contribution in [0.25, 0.3) is 0 Å². The summed E-state index contributed by atoms with van der Waals surface area (Å²) in [7, 11) is 0. The van der Waals surface area contributed by atoms with Crippen LogP contribution in [0.3, 0.4) is 0 Å². The molecule has 0 atom stereocenters. The largest absolute Gasteiger partial charge is 0.460 e. The van der Waals surface area contributed by atoms with Gasteiger partial charge in [0.25, 0.3) is 0 Å². The van der Waals surface area contributed by atoms with Crippen molar-refractivity contribution < 1.29 is 110 Å². The predicted molar refractivity (Wildman–Crippen MR) is 63.1 cm³/mol. The van der Waals surface area contributed by atoms with Crippen molar-refractivity contribution in [3.05, 3.63) is 6.92 Å². The van der Waals surface area contributed by atoms with Gasteiger partial charge in [-0.3, -0.25) is 0 Å². The molecule has 0 aromatic heterocycles. The topological polar surface area (TPSA) is 18.5 Å². The molecule has 0 saturated heterocycles. The molecule has 0 N–H and O–H groups in total. The highest BCUT2D eigenvalue weighted by Gasteiger charge is 2.89. The monoisotopic (exact) mass is 615 g/mol. The average Bonchev–Trinajstić information content (AvgIpc) is 2.56. The maximum Gasteiger partial charge on any atom is 0.460 e. The first-order valence-corrected chi connectivity index (χ1v) is 7.52. The lowest BCUT2D eigenvalue weighted by Crippen LogP contribution is -2.69. The Kier molecular flexibility index (Phi) is 8.26. The third-order valence-corrected chi connectivity index (χ3v) is 3.58. The Morgan fingerprint density at radius 3 is 0.757 bits per heavy atom. The molecule has 0 spiro atoms.